The van der Waals surface area contributed by atoms with Crippen molar-refractivity contribution in [2.75, 3.05) is 7.11 Å². The molecule has 0 unspecified atom stereocenters. The Bertz CT molecular complexity index is 644. The Morgan fingerprint density at radius 2 is 1.95 bits per heavy atom. The van der Waals surface area contributed by atoms with Crippen molar-refractivity contribution in [3.63, 3.8) is 0 Å². The van der Waals surface area contributed by atoms with Gasteiger partial charge in [0.05, 0.1) is 12.7 Å². The molecule has 0 radical (unpaired) electrons. The van der Waals surface area contributed by atoms with Crippen molar-refractivity contribution in [1.29, 1.82) is 0 Å². The van der Waals surface area contributed by atoms with E-state index < -0.39 is 0 Å². The van der Waals surface area contributed by atoms with Gasteiger partial charge < -0.3 is 15.8 Å². The van der Waals surface area contributed by atoms with Gasteiger partial charge >= 0.3 is 0 Å². The zero-order chi connectivity index (χ0) is 15.2. The Labute approximate surface area is 132 Å². The standard InChI is InChI=1S/C16H17BrN2O2/c1-21-15-8-13(17)6-7-14(15)16(20)19-10-12-5-3-2-4-11(12)9-18/h2-8H,9-10,18H2,1H3,(H,19,20). The summed E-state index contributed by atoms with van der Waals surface area (Å²) in [6, 6.07) is 13.1. The van der Waals surface area contributed by atoms with Crippen molar-refractivity contribution >= 4 is 21.8 Å². The summed E-state index contributed by atoms with van der Waals surface area (Å²) in [5.41, 5.74) is 8.24. The average Bonchev–Trinajstić information content (AvgIpc) is 2.52. The molecule has 0 spiro atoms. The van der Waals surface area contributed by atoms with Crippen LogP contribution in [0.1, 0.15) is 21.5 Å². The Hall–Kier alpha value is -1.85. The van der Waals surface area contributed by atoms with E-state index in [9.17, 15) is 4.79 Å². The van der Waals surface area contributed by atoms with Crippen LogP contribution < -0.4 is 15.8 Å². The maximum absolute atomic E-state index is 12.3. The fourth-order valence-corrected chi connectivity index (χ4v) is 2.39. The number of halogens is 1. The van der Waals surface area contributed by atoms with E-state index >= 15 is 0 Å². The number of amides is 1. The highest BCUT2D eigenvalue weighted by Gasteiger charge is 2.12. The minimum atomic E-state index is -0.175. The summed E-state index contributed by atoms with van der Waals surface area (Å²) in [6.45, 7) is 0.888. The van der Waals surface area contributed by atoms with Crippen LogP contribution in [0.3, 0.4) is 0 Å². The maximum Gasteiger partial charge on any atom is 0.255 e. The van der Waals surface area contributed by atoms with E-state index in [0.29, 0.717) is 24.4 Å². The lowest BCUT2D eigenvalue weighted by molar-refractivity contribution is 0.0948. The zero-order valence-electron chi connectivity index (χ0n) is 11.7. The van der Waals surface area contributed by atoms with Crippen LogP contribution in [-0.4, -0.2) is 13.0 Å². The first-order valence-corrected chi connectivity index (χ1v) is 7.33. The first kappa shape index (κ1) is 15.5. The summed E-state index contributed by atoms with van der Waals surface area (Å²) in [7, 11) is 1.54. The average molecular weight is 349 g/mol. The second kappa shape index (κ2) is 7.24. The highest BCUT2D eigenvalue weighted by atomic mass is 79.9. The molecule has 21 heavy (non-hydrogen) atoms. The van der Waals surface area contributed by atoms with Crippen LogP contribution in [0.15, 0.2) is 46.9 Å². The van der Waals surface area contributed by atoms with Crippen molar-refractivity contribution in [3.05, 3.63) is 63.6 Å². The largest absolute Gasteiger partial charge is 0.496 e. The SMILES string of the molecule is COc1cc(Br)ccc1C(=O)NCc1ccccc1CN. The molecule has 5 heteroatoms. The molecule has 0 aromatic heterocycles. The Morgan fingerprint density at radius 1 is 1.24 bits per heavy atom. The fraction of sp³-hybridized carbons (Fsp3) is 0.188. The fourth-order valence-electron chi connectivity index (χ4n) is 2.05. The van der Waals surface area contributed by atoms with Crippen molar-refractivity contribution in [2.24, 2.45) is 5.73 Å². The number of hydrogen-bond acceptors (Lipinski definition) is 3. The van der Waals surface area contributed by atoms with Crippen LogP contribution >= 0.6 is 15.9 Å². The molecule has 0 saturated heterocycles. The zero-order valence-corrected chi connectivity index (χ0v) is 13.3. The summed E-state index contributed by atoms with van der Waals surface area (Å²) in [5.74, 6) is 0.361. The second-order valence-corrected chi connectivity index (χ2v) is 5.42. The molecule has 0 aliphatic heterocycles. The molecule has 0 aliphatic rings. The molecule has 2 aromatic rings. The third kappa shape index (κ3) is 3.83. The molecule has 0 fully saturated rings. The predicted molar refractivity (Wildman–Crippen MR) is 86.2 cm³/mol. The summed E-state index contributed by atoms with van der Waals surface area (Å²) in [5, 5.41) is 2.89. The van der Waals surface area contributed by atoms with Crippen LogP contribution in [0, 0.1) is 0 Å². The third-order valence-corrected chi connectivity index (χ3v) is 3.68. The van der Waals surface area contributed by atoms with Gasteiger partial charge in [0.2, 0.25) is 0 Å². The molecule has 2 rings (SSSR count). The van der Waals surface area contributed by atoms with Gasteiger partial charge in [0.25, 0.3) is 5.91 Å². The number of hydrogen-bond donors (Lipinski definition) is 2. The van der Waals surface area contributed by atoms with E-state index in [-0.39, 0.29) is 5.91 Å². The lowest BCUT2D eigenvalue weighted by Gasteiger charge is -2.11. The van der Waals surface area contributed by atoms with Crippen molar-refractivity contribution in [3.8, 4) is 5.75 Å². The number of carbonyl (C=O) groups excluding carboxylic acids is 1. The first-order valence-electron chi connectivity index (χ1n) is 6.54. The number of methoxy groups -OCH3 is 1. The molecule has 0 bridgehead atoms. The summed E-state index contributed by atoms with van der Waals surface area (Å²) in [6.07, 6.45) is 0. The number of benzene rings is 2. The van der Waals surface area contributed by atoms with E-state index in [1.807, 2.05) is 30.3 Å². The molecular weight excluding hydrogens is 332 g/mol. The van der Waals surface area contributed by atoms with Gasteiger partial charge in [-0.1, -0.05) is 40.2 Å². The van der Waals surface area contributed by atoms with Crippen molar-refractivity contribution < 1.29 is 9.53 Å². The van der Waals surface area contributed by atoms with Gasteiger partial charge in [0, 0.05) is 17.6 Å². The van der Waals surface area contributed by atoms with Crippen LogP contribution in [0.25, 0.3) is 0 Å². The highest BCUT2D eigenvalue weighted by molar-refractivity contribution is 9.10. The summed E-state index contributed by atoms with van der Waals surface area (Å²) in [4.78, 5) is 12.3. The van der Waals surface area contributed by atoms with Gasteiger partial charge in [-0.2, -0.15) is 0 Å². The number of nitrogens with two attached hydrogens (primary N) is 1. The van der Waals surface area contributed by atoms with Gasteiger partial charge in [-0.05, 0) is 29.3 Å². The molecule has 2 aromatic carbocycles. The second-order valence-electron chi connectivity index (χ2n) is 4.50. The first-order chi connectivity index (χ1) is 10.2. The van der Waals surface area contributed by atoms with Gasteiger partial charge in [0.15, 0.2) is 0 Å². The van der Waals surface area contributed by atoms with Gasteiger partial charge in [-0.25, -0.2) is 0 Å². The van der Waals surface area contributed by atoms with E-state index in [1.165, 1.54) is 0 Å². The van der Waals surface area contributed by atoms with Crippen molar-refractivity contribution in [2.45, 2.75) is 13.1 Å². The smallest absolute Gasteiger partial charge is 0.255 e. The summed E-state index contributed by atoms with van der Waals surface area (Å²) < 4.78 is 6.10. The monoisotopic (exact) mass is 348 g/mol. The maximum atomic E-state index is 12.3. The highest BCUT2D eigenvalue weighted by Crippen LogP contribution is 2.23. The lowest BCUT2D eigenvalue weighted by atomic mass is 10.1. The normalized spacial score (nSPS) is 10.2. The number of carbonyl (C=O) groups is 1. The predicted octanol–water partition coefficient (Wildman–Crippen LogP) is 2.85. The van der Waals surface area contributed by atoms with Crippen LogP contribution in [0.4, 0.5) is 0 Å². The van der Waals surface area contributed by atoms with Gasteiger partial charge in [-0.15, -0.1) is 0 Å². The van der Waals surface area contributed by atoms with Crippen molar-refractivity contribution in [1.82, 2.24) is 5.32 Å². The quantitative estimate of drug-likeness (QED) is 0.873. The molecular formula is C16H17BrN2O2. The molecule has 0 heterocycles. The Morgan fingerprint density at radius 3 is 2.62 bits per heavy atom. The molecule has 4 nitrogen and oxygen atoms in total. The topological polar surface area (TPSA) is 64.3 Å². The molecule has 3 N–H and O–H groups in total. The van der Waals surface area contributed by atoms with E-state index in [0.717, 1.165) is 15.6 Å². The molecule has 0 saturated carbocycles. The number of ether oxygens (including phenoxy) is 1. The van der Waals surface area contributed by atoms with Gasteiger partial charge in [0.1, 0.15) is 5.75 Å². The molecule has 0 aliphatic carbocycles. The minimum absolute atomic E-state index is 0.175. The number of rotatable bonds is 5. The lowest BCUT2D eigenvalue weighted by Crippen LogP contribution is -2.24. The third-order valence-electron chi connectivity index (χ3n) is 3.19. The molecule has 1 amide bonds. The van der Waals surface area contributed by atoms with Crippen LogP contribution in [0.5, 0.6) is 5.75 Å². The van der Waals surface area contributed by atoms with E-state index in [4.69, 9.17) is 10.5 Å². The Balaban J connectivity index is 2.12. The number of nitrogens with one attached hydrogen (secondary N) is 1. The van der Waals surface area contributed by atoms with Gasteiger partial charge in [-0.3, -0.25) is 4.79 Å². The van der Waals surface area contributed by atoms with Crippen LogP contribution in [-0.2, 0) is 13.1 Å². The molecule has 110 valence electrons. The van der Waals surface area contributed by atoms with E-state index in [2.05, 4.69) is 21.2 Å². The van der Waals surface area contributed by atoms with Crippen LogP contribution in [0.2, 0.25) is 0 Å². The molecule has 0 atom stereocenters. The Kier molecular flexibility index (Phi) is 5.36. The minimum Gasteiger partial charge on any atom is -0.496 e. The summed E-state index contributed by atoms with van der Waals surface area (Å²) >= 11 is 3.36. The van der Waals surface area contributed by atoms with E-state index in [1.54, 1.807) is 19.2 Å².